The molecule has 1 heterocycles. The molecule has 68 valence electrons. The van der Waals surface area contributed by atoms with Crippen molar-refractivity contribution >= 4 is 11.8 Å². The molecule has 0 fully saturated rings. The predicted molar refractivity (Wildman–Crippen MR) is 45.1 cm³/mol. The second kappa shape index (κ2) is 3.05. The van der Waals surface area contributed by atoms with Crippen LogP contribution in [0.3, 0.4) is 0 Å². The third kappa shape index (κ3) is 1.24. The van der Waals surface area contributed by atoms with Crippen molar-refractivity contribution in [3.8, 4) is 0 Å². The van der Waals surface area contributed by atoms with Crippen LogP contribution in [0.1, 0.15) is 5.56 Å². The summed E-state index contributed by atoms with van der Waals surface area (Å²) in [5.41, 5.74) is 1.43. The molecule has 0 spiro atoms. The van der Waals surface area contributed by atoms with E-state index in [-0.39, 0.29) is 6.61 Å². The monoisotopic (exact) mass is 181 g/mol. The Bertz CT molecular complexity index is 340. The van der Waals surface area contributed by atoms with Crippen LogP contribution in [0, 0.1) is 0 Å². The van der Waals surface area contributed by atoms with E-state index in [0.717, 1.165) is 10.5 Å². The minimum Gasteiger partial charge on any atom is -0.444 e. The second-order valence-corrected chi connectivity index (χ2v) is 2.73. The van der Waals surface area contributed by atoms with Crippen molar-refractivity contribution in [2.24, 2.45) is 0 Å². The van der Waals surface area contributed by atoms with E-state index < -0.39 is 12.9 Å². The molecule has 0 radical (unpaired) electrons. The Morgan fingerprint density at radius 1 is 1.46 bits per heavy atom. The number of carbonyl (C=O) groups is 1. The van der Waals surface area contributed by atoms with Gasteiger partial charge in [0.25, 0.3) is 0 Å². The van der Waals surface area contributed by atoms with Crippen LogP contribution < -0.4 is 4.90 Å². The first-order valence-electron chi connectivity index (χ1n) is 3.91. The molecule has 0 aromatic heterocycles. The summed E-state index contributed by atoms with van der Waals surface area (Å²) in [5, 5.41) is 0. The number of amides is 1. The summed E-state index contributed by atoms with van der Waals surface area (Å²) in [6, 6.07) is 7.11. The van der Waals surface area contributed by atoms with Gasteiger partial charge in [-0.05, 0) is 6.07 Å². The number of ether oxygens (including phenoxy) is 1. The van der Waals surface area contributed by atoms with Crippen molar-refractivity contribution in [2.75, 3.05) is 11.7 Å². The zero-order chi connectivity index (χ0) is 9.26. The largest absolute Gasteiger partial charge is 0.444 e. The molecule has 3 nitrogen and oxygen atoms in total. The molecule has 1 aromatic carbocycles. The van der Waals surface area contributed by atoms with Gasteiger partial charge >= 0.3 is 6.09 Å². The number of hydrogen-bond acceptors (Lipinski definition) is 2. The minimum absolute atomic E-state index is 0.228. The van der Waals surface area contributed by atoms with Gasteiger partial charge in [-0.2, -0.15) is 0 Å². The summed E-state index contributed by atoms with van der Waals surface area (Å²) in [5.74, 6) is 0. The van der Waals surface area contributed by atoms with E-state index in [1.807, 2.05) is 12.1 Å². The maximum absolute atomic E-state index is 12.4. The number of fused-ring (bicyclic) bond motifs is 1. The van der Waals surface area contributed by atoms with Crippen LogP contribution in [0.5, 0.6) is 0 Å². The lowest BCUT2D eigenvalue weighted by Gasteiger charge is -2.25. The first-order valence-corrected chi connectivity index (χ1v) is 3.91. The number of hydrogen-bond donors (Lipinski definition) is 0. The lowest BCUT2D eigenvalue weighted by Crippen LogP contribution is -2.34. The fourth-order valence-corrected chi connectivity index (χ4v) is 1.33. The highest BCUT2D eigenvalue weighted by Crippen LogP contribution is 2.26. The normalized spacial score (nSPS) is 15.2. The lowest BCUT2D eigenvalue weighted by atomic mass is 10.1. The molecule has 0 aliphatic carbocycles. The maximum atomic E-state index is 12.4. The molecule has 1 aromatic rings. The van der Waals surface area contributed by atoms with E-state index in [4.69, 9.17) is 4.74 Å². The third-order valence-electron chi connectivity index (χ3n) is 1.97. The molecule has 2 rings (SSSR count). The fraction of sp³-hybridized carbons (Fsp3) is 0.222. The molecule has 1 aliphatic rings. The zero-order valence-corrected chi connectivity index (χ0v) is 6.87. The summed E-state index contributed by atoms with van der Waals surface area (Å²) in [6.07, 6.45) is -0.624. The molecule has 0 saturated carbocycles. The second-order valence-electron chi connectivity index (χ2n) is 2.73. The molecule has 13 heavy (non-hydrogen) atoms. The third-order valence-corrected chi connectivity index (χ3v) is 1.97. The number of nitrogens with zero attached hydrogens (tertiary/aromatic N) is 1. The quantitative estimate of drug-likeness (QED) is 0.620. The molecule has 1 amide bonds. The van der Waals surface area contributed by atoms with Gasteiger partial charge in [-0.3, -0.25) is 0 Å². The van der Waals surface area contributed by atoms with E-state index in [9.17, 15) is 9.18 Å². The summed E-state index contributed by atoms with van der Waals surface area (Å²) in [4.78, 5) is 12.0. The van der Waals surface area contributed by atoms with Crippen molar-refractivity contribution in [1.29, 1.82) is 0 Å². The topological polar surface area (TPSA) is 29.5 Å². The van der Waals surface area contributed by atoms with Gasteiger partial charge in [-0.1, -0.05) is 18.2 Å². The molecule has 0 unspecified atom stereocenters. The molecule has 0 saturated heterocycles. The first kappa shape index (κ1) is 8.04. The summed E-state index contributed by atoms with van der Waals surface area (Å²) in [6.45, 7) is -0.624. The van der Waals surface area contributed by atoms with Crippen LogP contribution in [-0.4, -0.2) is 12.9 Å². The SMILES string of the molecule is O=C1OCc2ccccc2N1CF. The Balaban J connectivity index is 2.45. The van der Waals surface area contributed by atoms with Gasteiger partial charge in [0.2, 0.25) is 0 Å². The zero-order valence-electron chi connectivity index (χ0n) is 6.87. The van der Waals surface area contributed by atoms with E-state index in [2.05, 4.69) is 0 Å². The summed E-state index contributed by atoms with van der Waals surface area (Å²) < 4.78 is 17.2. The maximum Gasteiger partial charge on any atom is 0.416 e. The average Bonchev–Trinajstić information content (AvgIpc) is 2.18. The van der Waals surface area contributed by atoms with Gasteiger partial charge in [-0.25, -0.2) is 14.1 Å². The number of para-hydroxylation sites is 1. The Hall–Kier alpha value is -1.58. The minimum atomic E-state index is -0.851. The van der Waals surface area contributed by atoms with Crippen LogP contribution in [0.15, 0.2) is 24.3 Å². The van der Waals surface area contributed by atoms with Crippen molar-refractivity contribution < 1.29 is 13.9 Å². The number of rotatable bonds is 1. The van der Waals surface area contributed by atoms with Crippen LogP contribution in [-0.2, 0) is 11.3 Å². The fourth-order valence-electron chi connectivity index (χ4n) is 1.33. The van der Waals surface area contributed by atoms with Gasteiger partial charge in [0.05, 0.1) is 5.69 Å². The smallest absolute Gasteiger partial charge is 0.416 e. The summed E-state index contributed by atoms with van der Waals surface area (Å²) >= 11 is 0. The Morgan fingerprint density at radius 2 is 2.23 bits per heavy atom. The van der Waals surface area contributed by atoms with Crippen LogP contribution >= 0.6 is 0 Å². The average molecular weight is 181 g/mol. The number of halogens is 1. The number of cyclic esters (lactones) is 1. The Morgan fingerprint density at radius 3 is 3.00 bits per heavy atom. The van der Waals surface area contributed by atoms with Gasteiger partial charge in [0.1, 0.15) is 6.61 Å². The molecular weight excluding hydrogens is 173 g/mol. The van der Waals surface area contributed by atoms with E-state index in [1.165, 1.54) is 0 Å². The molecule has 0 bridgehead atoms. The molecule has 1 aliphatic heterocycles. The van der Waals surface area contributed by atoms with E-state index in [0.29, 0.717) is 5.69 Å². The molecular formula is C9H8FNO2. The predicted octanol–water partition coefficient (Wildman–Crippen LogP) is 2.07. The van der Waals surface area contributed by atoms with Crippen molar-refractivity contribution in [1.82, 2.24) is 0 Å². The standard InChI is InChI=1S/C9H8FNO2/c10-6-11-8-4-2-1-3-7(8)5-13-9(11)12/h1-4H,5-6H2. The van der Waals surface area contributed by atoms with Gasteiger partial charge in [0.15, 0.2) is 6.80 Å². The van der Waals surface area contributed by atoms with Gasteiger partial charge < -0.3 is 4.74 Å². The van der Waals surface area contributed by atoms with Crippen molar-refractivity contribution in [2.45, 2.75) is 6.61 Å². The number of anilines is 1. The van der Waals surface area contributed by atoms with E-state index >= 15 is 0 Å². The molecule has 4 heteroatoms. The van der Waals surface area contributed by atoms with Gasteiger partial charge in [-0.15, -0.1) is 0 Å². The van der Waals surface area contributed by atoms with Crippen molar-refractivity contribution in [3.05, 3.63) is 29.8 Å². The van der Waals surface area contributed by atoms with Crippen molar-refractivity contribution in [3.63, 3.8) is 0 Å². The van der Waals surface area contributed by atoms with Crippen LogP contribution in [0.2, 0.25) is 0 Å². The van der Waals surface area contributed by atoms with E-state index in [1.54, 1.807) is 12.1 Å². The Labute approximate surface area is 74.7 Å². The number of benzene rings is 1. The molecule has 0 atom stereocenters. The summed E-state index contributed by atoms with van der Waals surface area (Å²) in [7, 11) is 0. The number of carbonyl (C=O) groups excluding carboxylic acids is 1. The highest BCUT2D eigenvalue weighted by atomic mass is 19.1. The van der Waals surface area contributed by atoms with Gasteiger partial charge in [0, 0.05) is 5.56 Å². The molecule has 0 N–H and O–H groups in total. The highest BCUT2D eigenvalue weighted by molar-refractivity contribution is 5.90. The highest BCUT2D eigenvalue weighted by Gasteiger charge is 2.24. The Kier molecular flexibility index (Phi) is 1.88. The first-order chi connectivity index (χ1) is 6.33. The number of alkyl halides is 1. The van der Waals surface area contributed by atoms with Crippen LogP contribution in [0.4, 0.5) is 14.9 Å². The lowest BCUT2D eigenvalue weighted by molar-refractivity contribution is 0.138. The van der Waals surface area contributed by atoms with Crippen LogP contribution in [0.25, 0.3) is 0 Å².